The molecule has 0 radical (unpaired) electrons. The molecule has 1 aromatic carbocycles. The number of fused-ring (bicyclic) bond motifs is 1. The maximum atomic E-state index is 12.0. The van der Waals surface area contributed by atoms with Crippen LogP contribution in [0.4, 0.5) is 0 Å². The summed E-state index contributed by atoms with van der Waals surface area (Å²) in [6.45, 7) is 1.96. The molecule has 0 N–H and O–H groups in total. The van der Waals surface area contributed by atoms with E-state index < -0.39 is 5.97 Å². The zero-order chi connectivity index (χ0) is 12.4. The molecule has 0 amide bonds. The number of ether oxygens (including phenoxy) is 1. The minimum absolute atomic E-state index is 0.0237. The van der Waals surface area contributed by atoms with Crippen LogP contribution < -0.4 is 5.56 Å². The molecule has 0 spiro atoms. The third-order valence-electron chi connectivity index (χ3n) is 2.44. The minimum atomic E-state index is -0.585. The van der Waals surface area contributed by atoms with Gasteiger partial charge in [0, 0.05) is 7.05 Å². The van der Waals surface area contributed by atoms with Crippen molar-refractivity contribution in [1.29, 1.82) is 0 Å². The first-order valence-corrected chi connectivity index (χ1v) is 5.28. The number of nitrogens with zero attached hydrogens (tertiary/aromatic N) is 2. The average molecular weight is 232 g/mol. The maximum absolute atomic E-state index is 12.0. The smallest absolute Gasteiger partial charge is 0.374 e. The number of hydrogen-bond donors (Lipinski definition) is 0. The molecule has 1 heterocycles. The van der Waals surface area contributed by atoms with Crippen molar-refractivity contribution in [3.63, 3.8) is 0 Å². The summed E-state index contributed by atoms with van der Waals surface area (Å²) in [7, 11) is 1.51. The van der Waals surface area contributed by atoms with Crippen LogP contribution in [0.15, 0.2) is 29.1 Å². The minimum Gasteiger partial charge on any atom is -0.460 e. The summed E-state index contributed by atoms with van der Waals surface area (Å²) in [4.78, 5) is 27.7. The van der Waals surface area contributed by atoms with E-state index in [4.69, 9.17) is 4.74 Å². The van der Waals surface area contributed by atoms with Gasteiger partial charge in [0.1, 0.15) is 0 Å². The number of benzene rings is 1. The summed E-state index contributed by atoms with van der Waals surface area (Å²) in [5.41, 5.74) is 0.248. The highest BCUT2D eigenvalue weighted by molar-refractivity contribution is 5.88. The lowest BCUT2D eigenvalue weighted by atomic mass is 10.2. The lowest BCUT2D eigenvalue weighted by Gasteiger charge is -2.07. The van der Waals surface area contributed by atoms with Gasteiger partial charge in [0.2, 0.25) is 5.82 Å². The van der Waals surface area contributed by atoms with Gasteiger partial charge in [0.05, 0.1) is 17.5 Å². The lowest BCUT2D eigenvalue weighted by Crippen LogP contribution is -2.26. The van der Waals surface area contributed by atoms with E-state index in [1.807, 2.05) is 0 Å². The van der Waals surface area contributed by atoms with Crippen molar-refractivity contribution < 1.29 is 9.53 Å². The quantitative estimate of drug-likeness (QED) is 0.728. The molecule has 0 bridgehead atoms. The third-order valence-corrected chi connectivity index (χ3v) is 2.44. The molecule has 2 rings (SSSR count). The number of carbonyl (C=O) groups excluding carboxylic acids is 1. The van der Waals surface area contributed by atoms with Crippen molar-refractivity contribution in [3.8, 4) is 0 Å². The molecule has 5 nitrogen and oxygen atoms in total. The average Bonchev–Trinajstić information content (AvgIpc) is 2.34. The molecule has 0 aliphatic carbocycles. The van der Waals surface area contributed by atoms with Gasteiger partial charge < -0.3 is 4.74 Å². The van der Waals surface area contributed by atoms with Gasteiger partial charge in [-0.1, -0.05) is 12.1 Å². The first-order valence-electron chi connectivity index (χ1n) is 5.28. The summed E-state index contributed by atoms with van der Waals surface area (Å²) in [5, 5.41) is 0.489. The SMILES string of the molecule is CCOC(=O)c1nc2ccccc2c(=O)n1C. The van der Waals surface area contributed by atoms with Gasteiger partial charge in [0.25, 0.3) is 5.56 Å². The number of para-hydroxylation sites is 1. The van der Waals surface area contributed by atoms with Gasteiger partial charge >= 0.3 is 5.97 Å². The highest BCUT2D eigenvalue weighted by Crippen LogP contribution is 2.07. The number of esters is 1. The second-order valence-corrected chi connectivity index (χ2v) is 3.54. The molecule has 5 heteroatoms. The van der Waals surface area contributed by atoms with Crippen LogP contribution in [0, 0.1) is 0 Å². The van der Waals surface area contributed by atoms with Gasteiger partial charge in [-0.3, -0.25) is 9.36 Å². The van der Waals surface area contributed by atoms with Crippen molar-refractivity contribution in [2.24, 2.45) is 7.05 Å². The van der Waals surface area contributed by atoms with E-state index in [0.717, 1.165) is 0 Å². The fourth-order valence-electron chi connectivity index (χ4n) is 1.60. The number of hydrogen-bond acceptors (Lipinski definition) is 4. The van der Waals surface area contributed by atoms with Crippen LogP contribution in [0.1, 0.15) is 17.5 Å². The highest BCUT2D eigenvalue weighted by atomic mass is 16.5. The Bertz CT molecular complexity index is 631. The van der Waals surface area contributed by atoms with Gasteiger partial charge in [-0.05, 0) is 19.1 Å². The summed E-state index contributed by atoms with van der Waals surface area (Å²) in [5.74, 6) is -0.562. The second-order valence-electron chi connectivity index (χ2n) is 3.54. The van der Waals surface area contributed by atoms with Crippen LogP contribution in [-0.4, -0.2) is 22.1 Å². The monoisotopic (exact) mass is 232 g/mol. The number of carbonyl (C=O) groups is 1. The maximum Gasteiger partial charge on any atom is 0.374 e. The normalized spacial score (nSPS) is 10.5. The van der Waals surface area contributed by atoms with Crippen molar-refractivity contribution in [2.45, 2.75) is 6.92 Å². The molecule has 0 saturated carbocycles. The van der Waals surface area contributed by atoms with Crippen molar-refractivity contribution >= 4 is 16.9 Å². The zero-order valence-corrected chi connectivity index (χ0v) is 9.64. The highest BCUT2D eigenvalue weighted by Gasteiger charge is 2.15. The van der Waals surface area contributed by atoms with Crippen LogP contribution in [0.25, 0.3) is 10.9 Å². The Morgan fingerprint density at radius 3 is 2.82 bits per heavy atom. The fraction of sp³-hybridized carbons (Fsp3) is 0.250. The molecule has 1 aromatic heterocycles. The first kappa shape index (κ1) is 11.3. The van der Waals surface area contributed by atoms with E-state index in [-0.39, 0.29) is 18.0 Å². The first-order chi connectivity index (χ1) is 8.15. The molecule has 88 valence electrons. The molecule has 0 unspecified atom stereocenters. The fourth-order valence-corrected chi connectivity index (χ4v) is 1.60. The molecular formula is C12H12N2O3. The molecule has 2 aromatic rings. The largest absolute Gasteiger partial charge is 0.460 e. The van der Waals surface area contributed by atoms with Crippen LogP contribution in [0.3, 0.4) is 0 Å². The van der Waals surface area contributed by atoms with Crippen molar-refractivity contribution in [3.05, 3.63) is 40.4 Å². The van der Waals surface area contributed by atoms with E-state index >= 15 is 0 Å². The predicted molar refractivity (Wildman–Crippen MR) is 62.9 cm³/mol. The number of rotatable bonds is 2. The van der Waals surface area contributed by atoms with Crippen LogP contribution in [0.2, 0.25) is 0 Å². The van der Waals surface area contributed by atoms with Gasteiger partial charge in [-0.25, -0.2) is 9.78 Å². The Morgan fingerprint density at radius 1 is 1.41 bits per heavy atom. The van der Waals surface area contributed by atoms with Crippen molar-refractivity contribution in [2.75, 3.05) is 6.61 Å². The van der Waals surface area contributed by atoms with Crippen molar-refractivity contribution in [1.82, 2.24) is 9.55 Å². The Hall–Kier alpha value is -2.17. The third kappa shape index (κ3) is 1.91. The Labute approximate surface area is 97.7 Å². The summed E-state index contributed by atoms with van der Waals surface area (Å²) < 4.78 is 6.06. The van der Waals surface area contributed by atoms with E-state index in [1.54, 1.807) is 31.2 Å². The molecule has 0 saturated heterocycles. The molecule has 0 aliphatic heterocycles. The standard InChI is InChI=1S/C12H12N2O3/c1-3-17-12(16)10-13-9-7-5-4-6-8(9)11(15)14(10)2/h4-7H,3H2,1-2H3. The summed E-state index contributed by atoms with van der Waals surface area (Å²) in [6.07, 6.45) is 0. The predicted octanol–water partition coefficient (Wildman–Crippen LogP) is 1.11. The van der Waals surface area contributed by atoms with E-state index in [2.05, 4.69) is 4.98 Å². The topological polar surface area (TPSA) is 61.2 Å². The zero-order valence-electron chi connectivity index (χ0n) is 9.64. The van der Waals surface area contributed by atoms with Crippen LogP contribution in [-0.2, 0) is 11.8 Å². The Balaban J connectivity index is 2.70. The second kappa shape index (κ2) is 4.37. The molecule has 0 fully saturated rings. The van der Waals surface area contributed by atoms with Crippen LogP contribution in [0.5, 0.6) is 0 Å². The van der Waals surface area contributed by atoms with Gasteiger partial charge in [-0.15, -0.1) is 0 Å². The molecule has 0 atom stereocenters. The molecule has 17 heavy (non-hydrogen) atoms. The number of aromatic nitrogens is 2. The molecule has 0 aliphatic rings. The Kier molecular flexibility index (Phi) is 2.91. The summed E-state index contributed by atoms with van der Waals surface area (Å²) in [6, 6.07) is 6.90. The van der Waals surface area contributed by atoms with Crippen LogP contribution >= 0.6 is 0 Å². The van der Waals surface area contributed by atoms with Gasteiger partial charge in [0.15, 0.2) is 0 Å². The van der Waals surface area contributed by atoms with E-state index in [0.29, 0.717) is 10.9 Å². The Morgan fingerprint density at radius 2 is 2.12 bits per heavy atom. The van der Waals surface area contributed by atoms with E-state index in [9.17, 15) is 9.59 Å². The van der Waals surface area contributed by atoms with E-state index in [1.165, 1.54) is 11.6 Å². The summed E-state index contributed by atoms with van der Waals surface area (Å²) >= 11 is 0. The van der Waals surface area contributed by atoms with Gasteiger partial charge in [-0.2, -0.15) is 0 Å². The molecular weight excluding hydrogens is 220 g/mol. The lowest BCUT2D eigenvalue weighted by molar-refractivity contribution is 0.0506.